The first-order chi connectivity index (χ1) is 17.8. The number of H-pyrrole nitrogens is 2. The van der Waals surface area contributed by atoms with E-state index in [2.05, 4.69) is 23.8 Å². The van der Waals surface area contributed by atoms with Crippen molar-refractivity contribution in [1.82, 2.24) is 15.0 Å². The summed E-state index contributed by atoms with van der Waals surface area (Å²) in [7, 11) is 1.60. The zero-order valence-corrected chi connectivity index (χ0v) is 22.3. The number of halogens is 2. The molecule has 3 aromatic carbocycles. The zero-order chi connectivity index (χ0) is 26.0. The molecular weight excluding hydrogens is 509 g/mol. The van der Waals surface area contributed by atoms with E-state index in [1.165, 1.54) is 12.1 Å². The fourth-order valence-corrected chi connectivity index (χ4v) is 5.19. The highest BCUT2D eigenvalue weighted by Crippen LogP contribution is 2.40. The van der Waals surface area contributed by atoms with Gasteiger partial charge >= 0.3 is 0 Å². The predicted molar refractivity (Wildman–Crippen MR) is 149 cm³/mol. The molecule has 2 aromatic heterocycles. The molecule has 0 amide bonds. The third kappa shape index (κ3) is 5.33. The summed E-state index contributed by atoms with van der Waals surface area (Å²) in [6, 6.07) is 20.2. The van der Waals surface area contributed by atoms with Crippen LogP contribution in [0.2, 0.25) is 5.02 Å². The minimum atomic E-state index is -0.462. The van der Waals surface area contributed by atoms with Gasteiger partial charge in [-0.05, 0) is 66.2 Å². The van der Waals surface area contributed by atoms with Crippen LogP contribution in [0.3, 0.4) is 0 Å². The number of methoxy groups -OCH3 is 1. The number of ether oxygens (including phenoxy) is 2. The number of nitrogens with one attached hydrogen (secondary N) is 2. The Morgan fingerprint density at radius 2 is 1.84 bits per heavy atom. The number of nitrogens with zero attached hydrogens (tertiary/aromatic N) is 1. The molecule has 0 fully saturated rings. The third-order valence-corrected chi connectivity index (χ3v) is 7.56. The lowest BCUT2D eigenvalue weighted by Crippen LogP contribution is -2.20. The molecule has 0 spiro atoms. The Labute approximate surface area is 224 Å². The number of aromatic nitrogens is 3. The topological polar surface area (TPSA) is 62.9 Å². The molecule has 5 aromatic rings. The van der Waals surface area contributed by atoms with Gasteiger partial charge in [0.25, 0.3) is 0 Å². The van der Waals surface area contributed by atoms with Gasteiger partial charge in [0.2, 0.25) is 0 Å². The van der Waals surface area contributed by atoms with Gasteiger partial charge in [-0.1, -0.05) is 43.3 Å². The van der Waals surface area contributed by atoms with Gasteiger partial charge in [-0.25, -0.2) is 9.37 Å². The van der Waals surface area contributed by atoms with Gasteiger partial charge in [-0.3, -0.25) is 0 Å². The number of aromatic amines is 2. The van der Waals surface area contributed by atoms with E-state index in [-0.39, 0.29) is 5.82 Å². The molecule has 2 N–H and O–H groups in total. The van der Waals surface area contributed by atoms with Gasteiger partial charge in [0.1, 0.15) is 17.3 Å². The van der Waals surface area contributed by atoms with Crippen LogP contribution in [0, 0.1) is 5.82 Å². The fourth-order valence-electron chi connectivity index (χ4n) is 4.30. The SMILES string of the molecule is COc1cc(C(C)(C)c2[nH]c(SCCOc3ccc4[nH]ccc4c3)nc2-c2ccc(F)cc2)ccc1Cl. The average Bonchev–Trinajstić information content (AvgIpc) is 3.54. The van der Waals surface area contributed by atoms with Crippen molar-refractivity contribution in [1.29, 1.82) is 0 Å². The summed E-state index contributed by atoms with van der Waals surface area (Å²) in [4.78, 5) is 11.6. The Morgan fingerprint density at radius 3 is 2.62 bits per heavy atom. The highest BCUT2D eigenvalue weighted by atomic mass is 35.5. The molecule has 37 heavy (non-hydrogen) atoms. The zero-order valence-electron chi connectivity index (χ0n) is 20.8. The highest BCUT2D eigenvalue weighted by molar-refractivity contribution is 7.99. The molecule has 5 rings (SSSR count). The highest BCUT2D eigenvalue weighted by Gasteiger charge is 2.31. The molecule has 0 saturated carbocycles. The largest absolute Gasteiger partial charge is 0.495 e. The maximum atomic E-state index is 13.7. The molecule has 0 atom stereocenters. The Hall–Kier alpha value is -3.42. The summed E-state index contributed by atoms with van der Waals surface area (Å²) in [6.07, 6.45) is 1.92. The summed E-state index contributed by atoms with van der Waals surface area (Å²) >= 11 is 7.86. The van der Waals surface area contributed by atoms with Gasteiger partial charge in [-0.2, -0.15) is 0 Å². The van der Waals surface area contributed by atoms with E-state index in [4.69, 9.17) is 26.1 Å². The number of fused-ring (bicyclic) bond motifs is 1. The van der Waals surface area contributed by atoms with Crippen LogP contribution in [-0.4, -0.2) is 34.4 Å². The van der Waals surface area contributed by atoms with Gasteiger partial charge in [0.15, 0.2) is 5.16 Å². The third-order valence-electron chi connectivity index (χ3n) is 6.41. The molecule has 0 unspecified atom stereocenters. The summed E-state index contributed by atoms with van der Waals surface area (Å²) in [5.41, 5.74) is 4.17. The number of imidazole rings is 1. The minimum absolute atomic E-state index is 0.285. The first kappa shape index (κ1) is 25.2. The van der Waals surface area contributed by atoms with Crippen molar-refractivity contribution in [3.63, 3.8) is 0 Å². The van der Waals surface area contributed by atoms with Crippen molar-refractivity contribution < 1.29 is 13.9 Å². The van der Waals surface area contributed by atoms with Crippen LogP contribution in [0.1, 0.15) is 25.1 Å². The van der Waals surface area contributed by atoms with Gasteiger partial charge < -0.3 is 19.4 Å². The average molecular weight is 536 g/mol. The van der Waals surface area contributed by atoms with Gasteiger partial charge in [0, 0.05) is 33.8 Å². The minimum Gasteiger partial charge on any atom is -0.495 e. The number of hydrogen-bond acceptors (Lipinski definition) is 4. The number of rotatable bonds is 9. The lowest BCUT2D eigenvalue weighted by molar-refractivity contribution is 0.344. The second-order valence-corrected chi connectivity index (χ2v) is 10.7. The summed E-state index contributed by atoms with van der Waals surface area (Å²) < 4.78 is 25.1. The van der Waals surface area contributed by atoms with E-state index >= 15 is 0 Å². The molecule has 0 bridgehead atoms. The van der Waals surface area contributed by atoms with Gasteiger partial charge in [0.05, 0.1) is 30.1 Å². The molecule has 0 aliphatic heterocycles. The predicted octanol–water partition coefficient (Wildman–Crippen LogP) is 7.86. The molecule has 5 nitrogen and oxygen atoms in total. The van der Waals surface area contributed by atoms with E-state index in [9.17, 15) is 4.39 Å². The standard InChI is InChI=1S/C29H27ClFN3O2S/c1-29(2,20-6-10-23(30)25(17-20)35-3)27-26(18-4-7-21(31)8-5-18)33-28(34-27)37-15-14-36-22-9-11-24-19(16-22)12-13-32-24/h4-13,16-17,32H,14-15H2,1-3H3,(H,33,34). The number of hydrogen-bond donors (Lipinski definition) is 2. The first-order valence-corrected chi connectivity index (χ1v) is 13.2. The lowest BCUT2D eigenvalue weighted by atomic mass is 9.79. The fraction of sp³-hybridized carbons (Fsp3) is 0.207. The normalized spacial score (nSPS) is 11.7. The monoisotopic (exact) mass is 535 g/mol. The van der Waals surface area contributed by atoms with Crippen molar-refractivity contribution in [3.8, 4) is 22.8 Å². The summed E-state index contributed by atoms with van der Waals surface area (Å²) in [5.74, 6) is 1.86. The summed E-state index contributed by atoms with van der Waals surface area (Å²) in [6.45, 7) is 4.76. The maximum absolute atomic E-state index is 13.7. The molecular formula is C29H27ClFN3O2S. The smallest absolute Gasteiger partial charge is 0.166 e. The van der Waals surface area contributed by atoms with Crippen LogP contribution in [0.5, 0.6) is 11.5 Å². The Kier molecular flexibility index (Phi) is 7.17. The molecule has 2 heterocycles. The van der Waals surface area contributed by atoms with Crippen LogP contribution in [-0.2, 0) is 5.41 Å². The lowest BCUT2D eigenvalue weighted by Gasteiger charge is -2.26. The molecule has 0 aliphatic rings. The van der Waals surface area contributed by atoms with Crippen molar-refractivity contribution >= 4 is 34.3 Å². The van der Waals surface area contributed by atoms with Crippen LogP contribution in [0.4, 0.5) is 4.39 Å². The molecule has 0 aliphatic carbocycles. The van der Waals surface area contributed by atoms with Crippen LogP contribution in [0.25, 0.3) is 22.2 Å². The van der Waals surface area contributed by atoms with Crippen molar-refractivity contribution in [2.45, 2.75) is 24.4 Å². The van der Waals surface area contributed by atoms with Crippen LogP contribution in [0.15, 0.2) is 78.1 Å². The number of thioether (sulfide) groups is 1. The van der Waals surface area contributed by atoms with Gasteiger partial charge in [-0.15, -0.1) is 0 Å². The first-order valence-electron chi connectivity index (χ1n) is 11.9. The maximum Gasteiger partial charge on any atom is 0.166 e. The van der Waals surface area contributed by atoms with Crippen LogP contribution < -0.4 is 9.47 Å². The van der Waals surface area contributed by atoms with Crippen molar-refractivity contribution in [3.05, 3.63) is 95.0 Å². The van der Waals surface area contributed by atoms with E-state index in [1.807, 2.05) is 48.7 Å². The molecule has 0 radical (unpaired) electrons. The van der Waals surface area contributed by atoms with E-state index in [0.717, 1.165) is 44.3 Å². The van der Waals surface area contributed by atoms with Crippen molar-refractivity contribution in [2.75, 3.05) is 19.5 Å². The quantitative estimate of drug-likeness (QED) is 0.149. The van der Waals surface area contributed by atoms with Crippen LogP contribution >= 0.6 is 23.4 Å². The summed E-state index contributed by atoms with van der Waals surface area (Å²) in [5, 5.41) is 2.44. The second-order valence-electron chi connectivity index (χ2n) is 9.17. The molecule has 190 valence electrons. The van der Waals surface area contributed by atoms with E-state index in [1.54, 1.807) is 31.0 Å². The van der Waals surface area contributed by atoms with E-state index < -0.39 is 5.41 Å². The Balaban J connectivity index is 1.39. The van der Waals surface area contributed by atoms with Crippen molar-refractivity contribution in [2.24, 2.45) is 0 Å². The Bertz CT molecular complexity index is 1530. The second kappa shape index (κ2) is 10.5. The molecule has 8 heteroatoms. The Morgan fingerprint density at radius 1 is 1.03 bits per heavy atom. The molecule has 0 saturated heterocycles. The number of benzene rings is 3. The van der Waals surface area contributed by atoms with E-state index in [0.29, 0.717) is 23.1 Å².